The summed E-state index contributed by atoms with van der Waals surface area (Å²) in [4.78, 5) is 24.3. The van der Waals surface area contributed by atoms with Crippen molar-refractivity contribution < 1.29 is 57.4 Å². The van der Waals surface area contributed by atoms with E-state index in [1.165, 1.54) is 13.0 Å². The van der Waals surface area contributed by atoms with Crippen LogP contribution < -0.4 is 34.3 Å². The summed E-state index contributed by atoms with van der Waals surface area (Å²) in [5.41, 5.74) is 1.42. The van der Waals surface area contributed by atoms with Crippen LogP contribution in [0.25, 0.3) is 4.72 Å². The number of carboxylic acids is 1. The van der Waals surface area contributed by atoms with Gasteiger partial charge >= 0.3 is 35.5 Å². The molecule has 0 saturated carbocycles. The molecule has 2 aromatic rings. The largest absolute Gasteiger partial charge is 1.00 e. The summed E-state index contributed by atoms with van der Waals surface area (Å²) in [5, 5.41) is 8.30. The standard InChI is InChI=1S/C21H23N2O6S2.Na/c1-15(24)23-12-13-30-21(23)18-4-2-3-5-19(18)31(27,28)22-11-10-16-6-8-17(9-7-16)29-14-20(25)26;/h2-9,21H,10-14H2,1H3,(H,25,26);/q-1;+1. The maximum absolute atomic E-state index is 12.9. The van der Waals surface area contributed by atoms with Gasteiger partial charge in [-0.3, -0.25) is 4.79 Å². The quantitative estimate of drug-likeness (QED) is 0.498. The first-order chi connectivity index (χ1) is 14.8. The van der Waals surface area contributed by atoms with Gasteiger partial charge < -0.3 is 19.5 Å². The first-order valence-corrected chi connectivity index (χ1v) is 12.1. The fourth-order valence-corrected chi connectivity index (χ4v) is 5.85. The van der Waals surface area contributed by atoms with E-state index in [0.717, 1.165) is 11.3 Å². The monoisotopic (exact) mass is 486 g/mol. The molecule has 0 aromatic heterocycles. The second kappa shape index (κ2) is 12.1. The zero-order valence-corrected chi connectivity index (χ0v) is 21.6. The zero-order chi connectivity index (χ0) is 22.4. The van der Waals surface area contributed by atoms with Crippen LogP contribution in [0.15, 0.2) is 53.4 Å². The van der Waals surface area contributed by atoms with Crippen LogP contribution in [0.1, 0.15) is 23.4 Å². The summed E-state index contributed by atoms with van der Waals surface area (Å²) in [7, 11) is -3.89. The number of aliphatic carboxylic acids is 1. The molecule has 166 valence electrons. The molecule has 1 atom stereocenters. The number of carboxylic acid groups (broad SMARTS) is 1. The fraction of sp³-hybridized carbons (Fsp3) is 0.333. The van der Waals surface area contributed by atoms with E-state index in [4.69, 9.17) is 9.84 Å². The molecule has 8 nitrogen and oxygen atoms in total. The second-order valence-corrected chi connectivity index (χ2v) is 9.71. The van der Waals surface area contributed by atoms with E-state index in [1.54, 1.807) is 59.1 Å². The van der Waals surface area contributed by atoms with Crippen molar-refractivity contribution in [2.75, 3.05) is 25.4 Å². The fourth-order valence-electron chi connectivity index (χ4n) is 3.23. The molecule has 1 saturated heterocycles. The predicted molar refractivity (Wildman–Crippen MR) is 118 cm³/mol. The number of carbonyl (C=O) groups is 2. The van der Waals surface area contributed by atoms with Crippen LogP contribution in [0.5, 0.6) is 5.75 Å². The summed E-state index contributed by atoms with van der Waals surface area (Å²) >= 11 is 1.54. The summed E-state index contributed by atoms with van der Waals surface area (Å²) in [6.45, 7) is 1.72. The summed E-state index contributed by atoms with van der Waals surface area (Å²) < 4.78 is 34.9. The number of sulfonamides is 1. The molecule has 0 aliphatic carbocycles. The van der Waals surface area contributed by atoms with Crippen LogP contribution in [0, 0.1) is 0 Å². The Morgan fingerprint density at radius 1 is 1.19 bits per heavy atom. The smallest absolute Gasteiger partial charge is 0.544 e. The Morgan fingerprint density at radius 2 is 1.88 bits per heavy atom. The van der Waals surface area contributed by atoms with Crippen molar-refractivity contribution in [3.05, 3.63) is 64.4 Å². The Kier molecular flexibility index (Phi) is 10.1. The van der Waals surface area contributed by atoms with Gasteiger partial charge in [0.2, 0.25) is 5.91 Å². The molecule has 1 N–H and O–H groups in total. The van der Waals surface area contributed by atoms with Crippen LogP contribution in [0.3, 0.4) is 0 Å². The second-order valence-electron chi connectivity index (χ2n) is 6.88. The van der Waals surface area contributed by atoms with E-state index in [1.807, 2.05) is 0 Å². The molecule has 1 heterocycles. The molecular formula is C21H23N2NaO6S2. The SMILES string of the molecule is CC(=O)N1CCSC1c1ccccc1S(=O)(=O)[N-]CCc1ccc(OCC(=O)O)cc1.[Na+]. The van der Waals surface area contributed by atoms with Crippen LogP contribution in [0.2, 0.25) is 0 Å². The molecule has 1 aliphatic rings. The topological polar surface area (TPSA) is 115 Å². The van der Waals surface area contributed by atoms with E-state index in [-0.39, 0.29) is 52.3 Å². The van der Waals surface area contributed by atoms with Crippen molar-refractivity contribution in [2.45, 2.75) is 23.6 Å². The van der Waals surface area contributed by atoms with Crippen molar-refractivity contribution in [3.8, 4) is 5.75 Å². The van der Waals surface area contributed by atoms with Crippen molar-refractivity contribution in [1.82, 2.24) is 4.90 Å². The average Bonchev–Trinajstić information content (AvgIpc) is 3.23. The number of amides is 1. The third kappa shape index (κ3) is 6.97. The number of thioether (sulfide) groups is 1. The summed E-state index contributed by atoms with van der Waals surface area (Å²) in [6, 6.07) is 13.4. The minimum atomic E-state index is -3.89. The van der Waals surface area contributed by atoms with Gasteiger partial charge in [-0.1, -0.05) is 30.3 Å². The van der Waals surface area contributed by atoms with Gasteiger partial charge in [0.15, 0.2) is 6.61 Å². The first kappa shape index (κ1) is 26.7. The van der Waals surface area contributed by atoms with Gasteiger partial charge in [0.05, 0.1) is 4.90 Å². The maximum atomic E-state index is 12.9. The normalized spacial score (nSPS) is 15.8. The molecule has 2 aromatic carbocycles. The number of nitrogens with zero attached hydrogens (tertiary/aromatic N) is 2. The van der Waals surface area contributed by atoms with Crippen molar-refractivity contribution in [1.29, 1.82) is 0 Å². The van der Waals surface area contributed by atoms with Gasteiger partial charge in [-0.15, -0.1) is 18.3 Å². The third-order valence-corrected chi connectivity index (χ3v) is 7.40. The summed E-state index contributed by atoms with van der Waals surface area (Å²) in [5.74, 6) is 0.0292. The first-order valence-electron chi connectivity index (χ1n) is 9.63. The predicted octanol–water partition coefficient (Wildman–Crippen LogP) is 0.0530. The number of rotatable bonds is 9. The van der Waals surface area contributed by atoms with Gasteiger partial charge in [-0.05, 0) is 30.2 Å². The Hall–Kier alpha value is -1.56. The number of hydrogen-bond acceptors (Lipinski definition) is 6. The number of benzene rings is 2. The molecular weight excluding hydrogens is 463 g/mol. The van der Waals surface area contributed by atoms with E-state index in [0.29, 0.717) is 24.3 Å². The molecule has 0 spiro atoms. The minimum absolute atomic E-state index is 0. The average molecular weight is 487 g/mol. The van der Waals surface area contributed by atoms with Gasteiger partial charge in [-0.25, -0.2) is 13.2 Å². The van der Waals surface area contributed by atoms with E-state index >= 15 is 0 Å². The molecule has 1 fully saturated rings. The third-order valence-electron chi connectivity index (χ3n) is 4.71. The van der Waals surface area contributed by atoms with E-state index in [9.17, 15) is 18.0 Å². The van der Waals surface area contributed by atoms with Gasteiger partial charge in [-0.2, -0.15) is 0 Å². The van der Waals surface area contributed by atoms with Gasteiger partial charge in [0.1, 0.15) is 21.1 Å². The van der Waals surface area contributed by atoms with Crippen LogP contribution in [-0.2, 0) is 26.0 Å². The number of ether oxygens (including phenoxy) is 1. The maximum Gasteiger partial charge on any atom is 1.00 e. The molecule has 1 aliphatic heterocycles. The molecule has 0 bridgehead atoms. The van der Waals surface area contributed by atoms with Gasteiger partial charge in [0, 0.05) is 24.8 Å². The van der Waals surface area contributed by atoms with Crippen LogP contribution in [0.4, 0.5) is 0 Å². The Bertz CT molecular complexity index is 1050. The molecule has 32 heavy (non-hydrogen) atoms. The van der Waals surface area contributed by atoms with Gasteiger partial charge in [0.25, 0.3) is 0 Å². The van der Waals surface area contributed by atoms with E-state index < -0.39 is 22.6 Å². The Labute approximate surface area is 214 Å². The Balaban J connectivity index is 0.00000363. The number of carbonyl (C=O) groups excluding carboxylic acids is 1. The van der Waals surface area contributed by atoms with Crippen LogP contribution in [-0.4, -0.2) is 55.7 Å². The zero-order valence-electron chi connectivity index (χ0n) is 17.9. The molecule has 1 unspecified atom stereocenters. The molecule has 3 rings (SSSR count). The van der Waals surface area contributed by atoms with Crippen molar-refractivity contribution >= 4 is 33.7 Å². The van der Waals surface area contributed by atoms with Crippen molar-refractivity contribution in [2.24, 2.45) is 0 Å². The van der Waals surface area contributed by atoms with Crippen LogP contribution >= 0.6 is 11.8 Å². The molecule has 1 amide bonds. The molecule has 11 heteroatoms. The molecule has 0 radical (unpaired) electrons. The summed E-state index contributed by atoms with van der Waals surface area (Å²) in [6.07, 6.45) is 0.401. The van der Waals surface area contributed by atoms with Crippen molar-refractivity contribution in [3.63, 3.8) is 0 Å². The van der Waals surface area contributed by atoms with E-state index in [2.05, 4.69) is 4.72 Å². The number of hydrogen-bond donors (Lipinski definition) is 1. The minimum Gasteiger partial charge on any atom is -0.544 e. The Morgan fingerprint density at radius 3 is 2.53 bits per heavy atom.